The van der Waals surface area contributed by atoms with E-state index in [-0.39, 0.29) is 18.5 Å². The summed E-state index contributed by atoms with van der Waals surface area (Å²) >= 11 is 6.21. The quantitative estimate of drug-likeness (QED) is 0.663. The first-order chi connectivity index (χ1) is 13.8. The van der Waals surface area contributed by atoms with E-state index in [4.69, 9.17) is 16.3 Å². The zero-order valence-corrected chi connectivity index (χ0v) is 17.5. The molecule has 8 heteroatoms. The van der Waals surface area contributed by atoms with Crippen molar-refractivity contribution in [1.29, 1.82) is 0 Å². The molecule has 1 aliphatic carbocycles. The third-order valence-electron chi connectivity index (χ3n) is 5.60. The van der Waals surface area contributed by atoms with Crippen LogP contribution in [0.1, 0.15) is 48.8 Å². The molecule has 1 N–H and O–H groups in total. The van der Waals surface area contributed by atoms with Crippen LogP contribution in [0.2, 0.25) is 5.02 Å². The summed E-state index contributed by atoms with van der Waals surface area (Å²) in [5.74, 6) is 3.10. The molecule has 1 fully saturated rings. The molecule has 2 aliphatic rings. The summed E-state index contributed by atoms with van der Waals surface area (Å²) in [4.78, 5) is 4.28. The van der Waals surface area contributed by atoms with E-state index in [1.807, 2.05) is 30.3 Å². The highest BCUT2D eigenvalue weighted by atomic mass is 35.5. The highest BCUT2D eigenvalue weighted by molar-refractivity contribution is 6.30. The van der Waals surface area contributed by atoms with Crippen molar-refractivity contribution in [2.24, 2.45) is 0 Å². The summed E-state index contributed by atoms with van der Waals surface area (Å²) < 4.78 is 8.28. The smallest absolute Gasteiger partial charge is 0.213 e. The molecule has 5 rings (SSSR count). The van der Waals surface area contributed by atoms with Crippen LogP contribution in [0.5, 0.6) is 5.88 Å². The van der Waals surface area contributed by atoms with Crippen LogP contribution in [-0.2, 0) is 13.1 Å². The van der Waals surface area contributed by atoms with E-state index < -0.39 is 0 Å². The van der Waals surface area contributed by atoms with Gasteiger partial charge in [-0.05, 0) is 55.5 Å². The average Bonchev–Trinajstić information content (AvgIpc) is 3.05. The van der Waals surface area contributed by atoms with Crippen LogP contribution in [0.3, 0.4) is 0 Å². The van der Waals surface area contributed by atoms with Crippen LogP contribution in [-0.4, -0.2) is 25.9 Å². The molecule has 3 heterocycles. The normalized spacial score (nSPS) is 20.7. The Hall–Kier alpha value is -2.15. The summed E-state index contributed by atoms with van der Waals surface area (Å²) in [5.41, 5.74) is 2.32. The van der Waals surface area contributed by atoms with Crippen LogP contribution in [0, 0.1) is 0 Å². The Kier molecular flexibility index (Phi) is 6.04. The molecule has 0 amide bonds. The van der Waals surface area contributed by atoms with E-state index in [9.17, 15) is 0 Å². The minimum atomic E-state index is 0. The van der Waals surface area contributed by atoms with Gasteiger partial charge < -0.3 is 10.1 Å². The lowest BCUT2D eigenvalue weighted by molar-refractivity contribution is 0.139. The molecule has 2 aromatic heterocycles. The van der Waals surface area contributed by atoms with E-state index in [2.05, 4.69) is 31.1 Å². The fourth-order valence-electron chi connectivity index (χ4n) is 4.22. The standard InChI is InChI=1S/C21H22ClN5O.ClH/c22-16-6-9-18-15(11-16)12-23-13-19-25-26-21(27(18)19)14-4-7-17(8-5-14)28-20-3-1-2-10-24-20;/h1-3,6,9-11,14,17,23H,4-5,7-8,12-13H2;1H/t14-,17-;. The summed E-state index contributed by atoms with van der Waals surface area (Å²) in [6.45, 7) is 1.49. The fraction of sp³-hybridized carbons (Fsp3) is 0.381. The Balaban J connectivity index is 0.00000205. The largest absolute Gasteiger partial charge is 0.474 e. The van der Waals surface area contributed by atoms with E-state index >= 15 is 0 Å². The molecule has 1 saturated carbocycles. The van der Waals surface area contributed by atoms with Crippen LogP contribution in [0.4, 0.5) is 0 Å². The third kappa shape index (κ3) is 4.10. The number of fused-ring (bicyclic) bond motifs is 3. The topological polar surface area (TPSA) is 64.9 Å². The molecule has 1 aliphatic heterocycles. The number of pyridine rings is 1. The summed E-state index contributed by atoms with van der Waals surface area (Å²) in [6, 6.07) is 11.8. The molecular formula is C21H23Cl2N5O. The Bertz CT molecular complexity index is 970. The molecule has 29 heavy (non-hydrogen) atoms. The van der Waals surface area contributed by atoms with Crippen molar-refractivity contribution in [3.63, 3.8) is 0 Å². The highest BCUT2D eigenvalue weighted by Gasteiger charge is 2.30. The predicted molar refractivity (Wildman–Crippen MR) is 114 cm³/mol. The average molecular weight is 432 g/mol. The van der Waals surface area contributed by atoms with Crippen molar-refractivity contribution < 1.29 is 4.74 Å². The summed E-state index contributed by atoms with van der Waals surface area (Å²) in [5, 5.41) is 13.2. The first-order valence-corrected chi connectivity index (χ1v) is 10.2. The second-order valence-electron chi connectivity index (χ2n) is 7.45. The first kappa shape index (κ1) is 20.1. The zero-order valence-electron chi connectivity index (χ0n) is 15.9. The number of aromatic nitrogens is 4. The van der Waals surface area contributed by atoms with Crippen molar-refractivity contribution in [3.05, 3.63) is 64.8 Å². The number of nitrogens with zero attached hydrogens (tertiary/aromatic N) is 4. The zero-order chi connectivity index (χ0) is 18.9. The minimum absolute atomic E-state index is 0. The van der Waals surface area contributed by atoms with Crippen molar-refractivity contribution >= 4 is 24.0 Å². The Labute approximate surface area is 181 Å². The highest BCUT2D eigenvalue weighted by Crippen LogP contribution is 2.36. The van der Waals surface area contributed by atoms with Gasteiger partial charge in [0.15, 0.2) is 5.82 Å². The predicted octanol–water partition coefficient (Wildman–Crippen LogP) is 4.45. The second-order valence-corrected chi connectivity index (χ2v) is 7.88. The van der Waals surface area contributed by atoms with Gasteiger partial charge >= 0.3 is 0 Å². The van der Waals surface area contributed by atoms with E-state index in [1.54, 1.807) is 6.20 Å². The molecule has 6 nitrogen and oxygen atoms in total. The minimum Gasteiger partial charge on any atom is -0.474 e. The van der Waals surface area contributed by atoms with Crippen LogP contribution in [0.15, 0.2) is 42.6 Å². The lowest BCUT2D eigenvalue weighted by atomic mass is 9.86. The number of hydrogen-bond donors (Lipinski definition) is 1. The molecule has 152 valence electrons. The van der Waals surface area contributed by atoms with Gasteiger partial charge in [-0.3, -0.25) is 4.57 Å². The molecule has 1 aromatic carbocycles. The van der Waals surface area contributed by atoms with Gasteiger partial charge in [-0.15, -0.1) is 22.6 Å². The van der Waals surface area contributed by atoms with Gasteiger partial charge in [0.25, 0.3) is 0 Å². The molecule has 0 saturated heterocycles. The molecule has 0 unspecified atom stereocenters. The van der Waals surface area contributed by atoms with E-state index in [0.29, 0.717) is 18.3 Å². The maximum absolute atomic E-state index is 6.21. The third-order valence-corrected chi connectivity index (χ3v) is 5.84. The van der Waals surface area contributed by atoms with Gasteiger partial charge in [-0.1, -0.05) is 17.7 Å². The fourth-order valence-corrected chi connectivity index (χ4v) is 4.42. The maximum Gasteiger partial charge on any atom is 0.213 e. The van der Waals surface area contributed by atoms with E-state index in [0.717, 1.165) is 54.6 Å². The molecule has 0 radical (unpaired) electrons. The van der Waals surface area contributed by atoms with Crippen LogP contribution >= 0.6 is 24.0 Å². The molecule has 0 spiro atoms. The molecule has 0 bridgehead atoms. The van der Waals surface area contributed by atoms with Gasteiger partial charge in [-0.25, -0.2) is 4.98 Å². The first-order valence-electron chi connectivity index (χ1n) is 9.79. The van der Waals surface area contributed by atoms with Crippen molar-refractivity contribution in [1.82, 2.24) is 25.1 Å². The van der Waals surface area contributed by atoms with Gasteiger partial charge in [0.05, 0.1) is 12.2 Å². The molecule has 0 atom stereocenters. The van der Waals surface area contributed by atoms with Crippen molar-refractivity contribution in [2.45, 2.75) is 50.8 Å². The van der Waals surface area contributed by atoms with E-state index in [1.165, 1.54) is 5.56 Å². The lowest BCUT2D eigenvalue weighted by Gasteiger charge is -2.28. The molecule has 3 aromatic rings. The van der Waals surface area contributed by atoms with Crippen molar-refractivity contribution in [2.75, 3.05) is 0 Å². The SMILES string of the molecule is Cl.Clc1ccc2c(c1)CNCc1nnc([C@H]3CC[C@H](Oc4ccccn4)CC3)n1-2. The molecular weight excluding hydrogens is 409 g/mol. The second kappa shape index (κ2) is 8.69. The van der Waals surface area contributed by atoms with Crippen LogP contribution in [0.25, 0.3) is 5.69 Å². The summed E-state index contributed by atoms with van der Waals surface area (Å²) in [6.07, 6.45) is 6.04. The Morgan fingerprint density at radius 3 is 2.69 bits per heavy atom. The van der Waals surface area contributed by atoms with Crippen molar-refractivity contribution in [3.8, 4) is 11.6 Å². The lowest BCUT2D eigenvalue weighted by Crippen LogP contribution is -2.25. The van der Waals surface area contributed by atoms with Gasteiger partial charge in [0, 0.05) is 29.7 Å². The number of rotatable bonds is 3. The number of nitrogens with one attached hydrogen (secondary N) is 1. The number of halogens is 2. The number of ether oxygens (including phenoxy) is 1. The van der Waals surface area contributed by atoms with Gasteiger partial charge in [0.1, 0.15) is 11.9 Å². The Morgan fingerprint density at radius 1 is 1.03 bits per heavy atom. The Morgan fingerprint density at radius 2 is 1.90 bits per heavy atom. The maximum atomic E-state index is 6.21. The number of hydrogen-bond acceptors (Lipinski definition) is 5. The monoisotopic (exact) mass is 431 g/mol. The van der Waals surface area contributed by atoms with Gasteiger partial charge in [-0.2, -0.15) is 0 Å². The van der Waals surface area contributed by atoms with Gasteiger partial charge in [0.2, 0.25) is 5.88 Å². The summed E-state index contributed by atoms with van der Waals surface area (Å²) in [7, 11) is 0. The number of benzene rings is 1. The van der Waals surface area contributed by atoms with Crippen LogP contribution < -0.4 is 10.1 Å².